The maximum absolute atomic E-state index is 5.68. The fourth-order valence-electron chi connectivity index (χ4n) is 3.52. The summed E-state index contributed by atoms with van der Waals surface area (Å²) in [4.78, 5) is 9.40. The summed E-state index contributed by atoms with van der Waals surface area (Å²) >= 11 is 3.59. The Kier molecular flexibility index (Phi) is 5.01. The summed E-state index contributed by atoms with van der Waals surface area (Å²) in [5, 5.41) is 1.13. The summed E-state index contributed by atoms with van der Waals surface area (Å²) < 4.78 is 14.6. The number of halogens is 1. The molecule has 0 atom stereocenters. The van der Waals surface area contributed by atoms with Crippen LogP contribution >= 0.6 is 15.9 Å². The SMILES string of the molecule is CCOCc1nc2cnc3ccc(Br)cc3c2n1CC1CCOCC1. The molecule has 1 aliphatic heterocycles. The monoisotopic (exact) mass is 403 g/mol. The van der Waals surface area contributed by atoms with E-state index in [1.54, 1.807) is 0 Å². The van der Waals surface area contributed by atoms with E-state index in [0.29, 0.717) is 19.1 Å². The van der Waals surface area contributed by atoms with E-state index in [0.717, 1.165) is 64.8 Å². The smallest absolute Gasteiger partial charge is 0.136 e. The lowest BCUT2D eigenvalue weighted by Crippen LogP contribution is -2.21. The third-order valence-corrected chi connectivity index (χ3v) is 5.32. The van der Waals surface area contributed by atoms with Crippen LogP contribution < -0.4 is 0 Å². The van der Waals surface area contributed by atoms with Crippen molar-refractivity contribution in [2.24, 2.45) is 5.92 Å². The number of hydrogen-bond acceptors (Lipinski definition) is 4. The minimum Gasteiger partial charge on any atom is -0.381 e. The first-order chi connectivity index (χ1) is 12.3. The molecule has 1 aromatic carbocycles. The number of ether oxygens (including phenoxy) is 2. The second kappa shape index (κ2) is 7.40. The van der Waals surface area contributed by atoms with Gasteiger partial charge in [0.2, 0.25) is 0 Å². The molecule has 1 fully saturated rings. The van der Waals surface area contributed by atoms with Gasteiger partial charge in [-0.15, -0.1) is 0 Å². The van der Waals surface area contributed by atoms with Crippen molar-refractivity contribution in [2.45, 2.75) is 32.9 Å². The lowest BCUT2D eigenvalue weighted by Gasteiger charge is -2.23. The van der Waals surface area contributed by atoms with Gasteiger partial charge in [0, 0.05) is 36.2 Å². The van der Waals surface area contributed by atoms with Crippen LogP contribution in [0.25, 0.3) is 21.9 Å². The number of fused-ring (bicyclic) bond motifs is 3. The van der Waals surface area contributed by atoms with Crippen molar-refractivity contribution in [3.8, 4) is 0 Å². The predicted octanol–water partition coefficient (Wildman–Crippen LogP) is 4.31. The van der Waals surface area contributed by atoms with Crippen LogP contribution in [0, 0.1) is 5.92 Å². The molecule has 0 spiro atoms. The number of pyridine rings is 1. The van der Waals surface area contributed by atoms with Crippen LogP contribution in [0.2, 0.25) is 0 Å². The van der Waals surface area contributed by atoms with Gasteiger partial charge < -0.3 is 14.0 Å². The molecule has 25 heavy (non-hydrogen) atoms. The summed E-state index contributed by atoms with van der Waals surface area (Å²) in [6.45, 7) is 5.89. The van der Waals surface area contributed by atoms with Crippen molar-refractivity contribution >= 4 is 37.9 Å². The fraction of sp³-hybridized carbons (Fsp3) is 0.474. The van der Waals surface area contributed by atoms with E-state index in [2.05, 4.69) is 31.5 Å². The normalized spacial score (nSPS) is 16.1. The molecule has 4 rings (SSSR count). The minimum atomic E-state index is 0.532. The van der Waals surface area contributed by atoms with Crippen molar-refractivity contribution < 1.29 is 9.47 Å². The van der Waals surface area contributed by atoms with Gasteiger partial charge in [-0.2, -0.15) is 0 Å². The van der Waals surface area contributed by atoms with Crippen molar-refractivity contribution in [1.82, 2.24) is 14.5 Å². The molecular formula is C19H22BrN3O2. The molecule has 0 N–H and O–H groups in total. The molecule has 3 heterocycles. The zero-order chi connectivity index (χ0) is 17.2. The minimum absolute atomic E-state index is 0.532. The molecule has 0 bridgehead atoms. The maximum atomic E-state index is 5.68. The van der Waals surface area contributed by atoms with Crippen LogP contribution in [0.5, 0.6) is 0 Å². The molecule has 3 aromatic rings. The third-order valence-electron chi connectivity index (χ3n) is 4.83. The number of imidazole rings is 1. The van der Waals surface area contributed by atoms with Gasteiger partial charge >= 0.3 is 0 Å². The van der Waals surface area contributed by atoms with Crippen LogP contribution in [0.1, 0.15) is 25.6 Å². The average molecular weight is 404 g/mol. The predicted molar refractivity (Wildman–Crippen MR) is 102 cm³/mol. The van der Waals surface area contributed by atoms with Crippen LogP contribution in [-0.2, 0) is 22.6 Å². The Morgan fingerprint density at radius 3 is 2.92 bits per heavy atom. The molecule has 6 heteroatoms. The van der Waals surface area contributed by atoms with Gasteiger partial charge in [-0.05, 0) is 43.9 Å². The number of benzene rings is 1. The van der Waals surface area contributed by atoms with E-state index in [1.165, 1.54) is 0 Å². The summed E-state index contributed by atoms with van der Waals surface area (Å²) in [6.07, 6.45) is 4.07. The van der Waals surface area contributed by atoms with E-state index in [1.807, 2.05) is 25.3 Å². The average Bonchev–Trinajstić information content (AvgIpc) is 2.98. The molecule has 2 aromatic heterocycles. The van der Waals surface area contributed by atoms with E-state index in [4.69, 9.17) is 14.5 Å². The summed E-state index contributed by atoms with van der Waals surface area (Å²) in [6, 6.07) is 6.21. The molecule has 0 radical (unpaired) electrons. The van der Waals surface area contributed by atoms with E-state index in [9.17, 15) is 0 Å². The molecule has 1 aliphatic rings. The standard InChI is InChI=1S/C19H22BrN3O2/c1-2-24-12-18-22-17-10-21-16-4-3-14(20)9-15(16)19(17)23(18)11-13-5-7-25-8-6-13/h3-4,9-10,13H,2,5-8,11-12H2,1H3. The molecular weight excluding hydrogens is 382 g/mol. The molecule has 0 unspecified atom stereocenters. The number of hydrogen-bond donors (Lipinski definition) is 0. The number of rotatable bonds is 5. The highest BCUT2D eigenvalue weighted by atomic mass is 79.9. The van der Waals surface area contributed by atoms with Crippen LogP contribution in [0.4, 0.5) is 0 Å². The van der Waals surface area contributed by atoms with E-state index < -0.39 is 0 Å². The van der Waals surface area contributed by atoms with Gasteiger partial charge in [0.05, 0.1) is 17.2 Å². The number of nitrogens with zero attached hydrogens (tertiary/aromatic N) is 3. The third kappa shape index (κ3) is 3.43. The Bertz CT molecular complexity index is 887. The molecule has 0 amide bonds. The highest BCUT2D eigenvalue weighted by Gasteiger charge is 2.20. The summed E-state index contributed by atoms with van der Waals surface area (Å²) in [7, 11) is 0. The quantitative estimate of drug-likeness (QED) is 0.636. The second-order valence-corrected chi connectivity index (χ2v) is 7.40. The zero-order valence-electron chi connectivity index (χ0n) is 14.4. The lowest BCUT2D eigenvalue weighted by molar-refractivity contribution is 0.0603. The lowest BCUT2D eigenvalue weighted by atomic mass is 10.00. The summed E-state index contributed by atoms with van der Waals surface area (Å²) in [5.41, 5.74) is 3.09. The van der Waals surface area contributed by atoms with Crippen molar-refractivity contribution in [3.05, 3.63) is 34.7 Å². The van der Waals surface area contributed by atoms with E-state index >= 15 is 0 Å². The van der Waals surface area contributed by atoms with Crippen LogP contribution in [0.3, 0.4) is 0 Å². The summed E-state index contributed by atoms with van der Waals surface area (Å²) in [5.74, 6) is 1.60. The van der Waals surface area contributed by atoms with Crippen molar-refractivity contribution in [1.29, 1.82) is 0 Å². The second-order valence-electron chi connectivity index (χ2n) is 6.49. The van der Waals surface area contributed by atoms with E-state index in [-0.39, 0.29) is 0 Å². The highest BCUT2D eigenvalue weighted by Crippen LogP contribution is 2.29. The van der Waals surface area contributed by atoms with Crippen molar-refractivity contribution in [2.75, 3.05) is 19.8 Å². The van der Waals surface area contributed by atoms with Gasteiger partial charge in [0.15, 0.2) is 0 Å². The van der Waals surface area contributed by atoms with Crippen LogP contribution in [-0.4, -0.2) is 34.4 Å². The molecule has 0 saturated carbocycles. The highest BCUT2D eigenvalue weighted by molar-refractivity contribution is 9.10. The topological polar surface area (TPSA) is 49.2 Å². The van der Waals surface area contributed by atoms with Gasteiger partial charge in [0.25, 0.3) is 0 Å². The molecule has 0 aliphatic carbocycles. The van der Waals surface area contributed by atoms with Gasteiger partial charge in [0.1, 0.15) is 17.9 Å². The molecule has 1 saturated heterocycles. The van der Waals surface area contributed by atoms with Crippen molar-refractivity contribution in [3.63, 3.8) is 0 Å². The molecule has 5 nitrogen and oxygen atoms in total. The Hall–Kier alpha value is -1.50. The maximum Gasteiger partial charge on any atom is 0.136 e. The Labute approximate surface area is 155 Å². The zero-order valence-corrected chi connectivity index (χ0v) is 16.0. The first-order valence-corrected chi connectivity index (χ1v) is 9.64. The van der Waals surface area contributed by atoms with Crippen LogP contribution in [0.15, 0.2) is 28.9 Å². The molecule has 132 valence electrons. The Morgan fingerprint density at radius 1 is 1.28 bits per heavy atom. The Morgan fingerprint density at radius 2 is 2.12 bits per heavy atom. The Balaban J connectivity index is 1.86. The first kappa shape index (κ1) is 16.9. The fourth-order valence-corrected chi connectivity index (χ4v) is 3.88. The van der Waals surface area contributed by atoms with Gasteiger partial charge in [-0.3, -0.25) is 4.98 Å². The largest absolute Gasteiger partial charge is 0.381 e. The van der Waals surface area contributed by atoms with Gasteiger partial charge in [-0.1, -0.05) is 15.9 Å². The van der Waals surface area contributed by atoms with Gasteiger partial charge in [-0.25, -0.2) is 4.98 Å². The number of aromatic nitrogens is 3. The first-order valence-electron chi connectivity index (χ1n) is 8.85.